The molecule has 0 unspecified atom stereocenters. The van der Waals surface area contributed by atoms with Crippen LogP contribution in [0.4, 0.5) is 0 Å². The van der Waals surface area contributed by atoms with E-state index in [0.717, 1.165) is 19.3 Å². The predicted molar refractivity (Wildman–Crippen MR) is 76.0 cm³/mol. The molecular weight excluding hydrogens is 236 g/mol. The second-order valence-corrected chi connectivity index (χ2v) is 4.80. The van der Waals surface area contributed by atoms with Crippen molar-refractivity contribution in [2.24, 2.45) is 0 Å². The first kappa shape index (κ1) is 13.5. The molecule has 0 bridgehead atoms. The zero-order valence-corrected chi connectivity index (χ0v) is 11.4. The summed E-state index contributed by atoms with van der Waals surface area (Å²) in [5.74, 6) is 0.267. The molecule has 0 atom stereocenters. The minimum absolute atomic E-state index is 0.267. The summed E-state index contributed by atoms with van der Waals surface area (Å²) in [7, 11) is 0. The summed E-state index contributed by atoms with van der Waals surface area (Å²) in [6.45, 7) is 2.60. The van der Waals surface area contributed by atoms with Crippen LogP contribution in [-0.2, 0) is 24.2 Å². The SMILES string of the molecule is CCc1ccc(CCCC(=O)Cn2ccnc2)cc1. The van der Waals surface area contributed by atoms with Gasteiger partial charge in [0.2, 0.25) is 0 Å². The van der Waals surface area contributed by atoms with Gasteiger partial charge in [0.25, 0.3) is 0 Å². The zero-order chi connectivity index (χ0) is 13.5. The monoisotopic (exact) mass is 256 g/mol. The third kappa shape index (κ3) is 4.36. The van der Waals surface area contributed by atoms with Crippen molar-refractivity contribution in [2.75, 3.05) is 0 Å². The molecule has 3 heteroatoms. The van der Waals surface area contributed by atoms with Gasteiger partial charge in [0.1, 0.15) is 0 Å². The minimum Gasteiger partial charge on any atom is -0.330 e. The molecule has 0 spiro atoms. The van der Waals surface area contributed by atoms with E-state index in [1.54, 1.807) is 12.5 Å². The molecule has 0 saturated carbocycles. The van der Waals surface area contributed by atoms with Gasteiger partial charge in [0.15, 0.2) is 5.78 Å². The first-order valence-electron chi connectivity index (χ1n) is 6.83. The van der Waals surface area contributed by atoms with Crippen LogP contribution in [0.25, 0.3) is 0 Å². The first-order chi connectivity index (χ1) is 9.28. The number of carbonyl (C=O) groups excluding carboxylic acids is 1. The average molecular weight is 256 g/mol. The molecular formula is C16H20N2O. The lowest BCUT2D eigenvalue weighted by Gasteiger charge is -2.04. The molecule has 0 aliphatic rings. The molecule has 0 aliphatic heterocycles. The van der Waals surface area contributed by atoms with E-state index >= 15 is 0 Å². The molecule has 2 aromatic rings. The maximum absolute atomic E-state index is 11.8. The number of nitrogens with zero attached hydrogens (tertiary/aromatic N) is 2. The molecule has 0 saturated heterocycles. The fourth-order valence-corrected chi connectivity index (χ4v) is 2.09. The average Bonchev–Trinajstić information content (AvgIpc) is 2.92. The summed E-state index contributed by atoms with van der Waals surface area (Å²) >= 11 is 0. The van der Waals surface area contributed by atoms with Gasteiger partial charge >= 0.3 is 0 Å². The van der Waals surface area contributed by atoms with Crippen molar-refractivity contribution in [3.05, 3.63) is 54.1 Å². The molecule has 100 valence electrons. The number of aromatic nitrogens is 2. The van der Waals surface area contributed by atoms with E-state index in [1.807, 2.05) is 10.8 Å². The van der Waals surface area contributed by atoms with Crippen LogP contribution in [0.3, 0.4) is 0 Å². The Bertz CT molecular complexity index is 500. The third-order valence-corrected chi connectivity index (χ3v) is 3.27. The Morgan fingerprint density at radius 2 is 1.95 bits per heavy atom. The van der Waals surface area contributed by atoms with Crippen LogP contribution in [-0.4, -0.2) is 15.3 Å². The molecule has 0 amide bonds. The summed E-state index contributed by atoms with van der Waals surface area (Å²) in [6.07, 6.45) is 8.79. The maximum Gasteiger partial charge on any atom is 0.152 e. The lowest BCUT2D eigenvalue weighted by atomic mass is 10.0. The van der Waals surface area contributed by atoms with Gasteiger partial charge in [0.05, 0.1) is 12.9 Å². The number of ketones is 1. The number of imidazole rings is 1. The molecule has 0 fully saturated rings. The molecule has 19 heavy (non-hydrogen) atoms. The van der Waals surface area contributed by atoms with Crippen LogP contribution < -0.4 is 0 Å². The van der Waals surface area contributed by atoms with Gasteiger partial charge in [-0.15, -0.1) is 0 Å². The topological polar surface area (TPSA) is 34.9 Å². The van der Waals surface area contributed by atoms with Crippen LogP contribution in [0.2, 0.25) is 0 Å². The van der Waals surface area contributed by atoms with Crippen molar-refractivity contribution >= 4 is 5.78 Å². The number of Topliss-reactive ketones (excluding diaryl/α,β-unsaturated/α-hetero) is 1. The van der Waals surface area contributed by atoms with Crippen molar-refractivity contribution in [2.45, 2.75) is 39.2 Å². The largest absolute Gasteiger partial charge is 0.330 e. The number of hydrogen-bond acceptors (Lipinski definition) is 2. The van der Waals surface area contributed by atoms with Crippen molar-refractivity contribution in [3.8, 4) is 0 Å². The lowest BCUT2D eigenvalue weighted by Crippen LogP contribution is -2.08. The van der Waals surface area contributed by atoms with Gasteiger partial charge in [-0.1, -0.05) is 31.2 Å². The normalized spacial score (nSPS) is 10.6. The Labute approximate surface area is 114 Å². The highest BCUT2D eigenvalue weighted by Crippen LogP contribution is 2.09. The fraction of sp³-hybridized carbons (Fsp3) is 0.375. The van der Waals surface area contributed by atoms with Gasteiger partial charge in [-0.25, -0.2) is 4.98 Å². The molecule has 0 aliphatic carbocycles. The quantitative estimate of drug-likeness (QED) is 0.763. The number of hydrogen-bond donors (Lipinski definition) is 0. The highest BCUT2D eigenvalue weighted by atomic mass is 16.1. The summed E-state index contributed by atoms with van der Waals surface area (Å²) in [5, 5.41) is 0. The lowest BCUT2D eigenvalue weighted by molar-refractivity contribution is -0.119. The second kappa shape index (κ2) is 6.88. The standard InChI is InChI=1S/C16H20N2O/c1-2-14-6-8-15(9-7-14)4-3-5-16(19)12-18-11-10-17-13-18/h6-11,13H,2-5,12H2,1H3. The predicted octanol–water partition coefficient (Wildman–Crippen LogP) is 3.04. The number of aryl methyl sites for hydroxylation is 2. The van der Waals surface area contributed by atoms with E-state index in [9.17, 15) is 4.79 Å². The smallest absolute Gasteiger partial charge is 0.152 e. The van der Waals surface area contributed by atoms with Gasteiger partial charge in [-0.3, -0.25) is 4.79 Å². The number of carbonyl (C=O) groups is 1. The highest BCUT2D eigenvalue weighted by molar-refractivity contribution is 5.78. The molecule has 1 aromatic carbocycles. The van der Waals surface area contributed by atoms with Crippen LogP contribution in [0.1, 0.15) is 30.9 Å². The van der Waals surface area contributed by atoms with Crippen LogP contribution in [0.5, 0.6) is 0 Å². The zero-order valence-electron chi connectivity index (χ0n) is 11.4. The van der Waals surface area contributed by atoms with E-state index in [-0.39, 0.29) is 5.78 Å². The molecule has 1 heterocycles. The van der Waals surface area contributed by atoms with Gasteiger partial charge in [-0.2, -0.15) is 0 Å². The van der Waals surface area contributed by atoms with E-state index in [0.29, 0.717) is 13.0 Å². The number of benzene rings is 1. The molecule has 2 rings (SSSR count). The number of rotatable bonds is 7. The maximum atomic E-state index is 11.8. The van der Waals surface area contributed by atoms with Gasteiger partial charge < -0.3 is 4.57 Å². The summed E-state index contributed by atoms with van der Waals surface area (Å²) in [6, 6.07) is 8.67. The van der Waals surface area contributed by atoms with Crippen LogP contribution >= 0.6 is 0 Å². The fourth-order valence-electron chi connectivity index (χ4n) is 2.09. The Morgan fingerprint density at radius 3 is 2.58 bits per heavy atom. The van der Waals surface area contributed by atoms with Gasteiger partial charge in [0, 0.05) is 18.8 Å². The van der Waals surface area contributed by atoms with Crippen molar-refractivity contribution in [1.82, 2.24) is 9.55 Å². The van der Waals surface area contributed by atoms with E-state index < -0.39 is 0 Å². The molecule has 0 N–H and O–H groups in total. The van der Waals surface area contributed by atoms with Crippen LogP contribution in [0.15, 0.2) is 43.0 Å². The Balaban J connectivity index is 1.72. The Morgan fingerprint density at radius 1 is 1.21 bits per heavy atom. The first-order valence-corrected chi connectivity index (χ1v) is 6.83. The molecule has 3 nitrogen and oxygen atoms in total. The third-order valence-electron chi connectivity index (χ3n) is 3.27. The van der Waals surface area contributed by atoms with Gasteiger partial charge in [-0.05, 0) is 30.4 Å². The van der Waals surface area contributed by atoms with Crippen molar-refractivity contribution in [1.29, 1.82) is 0 Å². The summed E-state index contributed by atoms with van der Waals surface area (Å²) < 4.78 is 1.82. The van der Waals surface area contributed by atoms with Crippen molar-refractivity contribution in [3.63, 3.8) is 0 Å². The van der Waals surface area contributed by atoms with Crippen LogP contribution in [0, 0.1) is 0 Å². The van der Waals surface area contributed by atoms with E-state index in [2.05, 4.69) is 36.2 Å². The summed E-state index contributed by atoms with van der Waals surface area (Å²) in [5.41, 5.74) is 2.67. The molecule has 0 radical (unpaired) electrons. The van der Waals surface area contributed by atoms with Crippen molar-refractivity contribution < 1.29 is 4.79 Å². The van der Waals surface area contributed by atoms with E-state index in [1.165, 1.54) is 11.1 Å². The minimum atomic E-state index is 0.267. The molecule has 1 aromatic heterocycles. The van der Waals surface area contributed by atoms with E-state index in [4.69, 9.17) is 0 Å². The summed E-state index contributed by atoms with van der Waals surface area (Å²) in [4.78, 5) is 15.7. The Kier molecular flexibility index (Phi) is 4.90. The Hall–Kier alpha value is -1.90. The highest BCUT2D eigenvalue weighted by Gasteiger charge is 2.03. The second-order valence-electron chi connectivity index (χ2n) is 4.80.